The van der Waals surface area contributed by atoms with Crippen LogP contribution in [-0.2, 0) is 12.8 Å². The minimum absolute atomic E-state index is 1.16. The van der Waals surface area contributed by atoms with Gasteiger partial charge in [0.2, 0.25) is 0 Å². The van der Waals surface area contributed by atoms with Gasteiger partial charge in [-0.15, -0.1) is 5.10 Å². The van der Waals surface area contributed by atoms with E-state index in [1.54, 1.807) is 0 Å². The number of fused-ring (bicyclic) bond motifs is 1. The van der Waals surface area contributed by atoms with Crippen LogP contribution in [0.1, 0.15) is 24.1 Å². The van der Waals surface area contributed by atoms with Crippen LogP contribution in [0.3, 0.4) is 0 Å². The Hall–Kier alpha value is -0.920. The summed E-state index contributed by atoms with van der Waals surface area (Å²) in [6.45, 7) is 0. The first-order valence-corrected chi connectivity index (χ1v) is 3.82. The molecule has 0 saturated heterocycles. The molecule has 1 aromatic heterocycles. The summed E-state index contributed by atoms with van der Waals surface area (Å²) < 4.78 is 0. The Morgan fingerprint density at radius 1 is 1.30 bits per heavy atom. The minimum atomic E-state index is 1.16. The SMILES string of the molecule is c1cc2c(n[nH+]1)CCCC2. The molecule has 2 nitrogen and oxygen atoms in total. The molecule has 1 heterocycles. The molecule has 10 heavy (non-hydrogen) atoms. The van der Waals surface area contributed by atoms with Crippen molar-refractivity contribution in [1.82, 2.24) is 5.10 Å². The predicted molar refractivity (Wildman–Crippen MR) is 37.4 cm³/mol. The summed E-state index contributed by atoms with van der Waals surface area (Å²) in [6, 6.07) is 2.14. The van der Waals surface area contributed by atoms with Gasteiger partial charge in [0.05, 0.1) is 0 Å². The van der Waals surface area contributed by atoms with Crippen LogP contribution in [0.25, 0.3) is 0 Å². The van der Waals surface area contributed by atoms with Gasteiger partial charge in [-0.3, -0.25) is 0 Å². The number of aryl methyl sites for hydroxylation is 2. The first kappa shape index (κ1) is 5.83. The van der Waals surface area contributed by atoms with Crippen LogP contribution in [0.2, 0.25) is 0 Å². The van der Waals surface area contributed by atoms with E-state index >= 15 is 0 Å². The minimum Gasteiger partial charge on any atom is -0.106 e. The number of H-pyrrole nitrogens is 1. The van der Waals surface area contributed by atoms with Crippen molar-refractivity contribution < 1.29 is 5.10 Å². The van der Waals surface area contributed by atoms with E-state index in [1.807, 2.05) is 6.20 Å². The number of aromatic amines is 1. The maximum atomic E-state index is 4.19. The van der Waals surface area contributed by atoms with Crippen LogP contribution in [-0.4, -0.2) is 5.10 Å². The molecule has 2 rings (SSSR count). The van der Waals surface area contributed by atoms with Crippen molar-refractivity contribution >= 4 is 0 Å². The molecule has 0 saturated carbocycles. The highest BCUT2D eigenvalue weighted by atomic mass is 15.1. The van der Waals surface area contributed by atoms with Gasteiger partial charge in [0.25, 0.3) is 0 Å². The molecular formula is C8H11N2+. The second-order valence-corrected chi connectivity index (χ2v) is 2.75. The lowest BCUT2D eigenvalue weighted by atomic mass is 9.97. The monoisotopic (exact) mass is 135 g/mol. The summed E-state index contributed by atoms with van der Waals surface area (Å²) in [5.74, 6) is 0. The lowest BCUT2D eigenvalue weighted by molar-refractivity contribution is -0.456. The Morgan fingerprint density at radius 2 is 2.20 bits per heavy atom. The fourth-order valence-corrected chi connectivity index (χ4v) is 1.47. The zero-order valence-electron chi connectivity index (χ0n) is 5.93. The van der Waals surface area contributed by atoms with Crippen LogP contribution < -0.4 is 5.10 Å². The normalized spacial score (nSPS) is 16.4. The first-order valence-electron chi connectivity index (χ1n) is 3.82. The molecular weight excluding hydrogens is 124 g/mol. The van der Waals surface area contributed by atoms with Gasteiger partial charge in [-0.05, 0) is 36.3 Å². The highest BCUT2D eigenvalue weighted by molar-refractivity contribution is 5.18. The first-order chi connectivity index (χ1) is 4.97. The lowest BCUT2D eigenvalue weighted by Gasteiger charge is -2.09. The Balaban J connectivity index is 2.41. The smallest absolute Gasteiger partial charge is 0.106 e. The van der Waals surface area contributed by atoms with Crippen LogP contribution in [0.5, 0.6) is 0 Å². The Bertz CT molecular complexity index is 207. The summed E-state index contributed by atoms with van der Waals surface area (Å²) in [7, 11) is 0. The van der Waals surface area contributed by atoms with Crippen LogP contribution in [0.4, 0.5) is 0 Å². The van der Waals surface area contributed by atoms with Crippen molar-refractivity contribution in [2.24, 2.45) is 0 Å². The van der Waals surface area contributed by atoms with Crippen molar-refractivity contribution in [2.45, 2.75) is 25.7 Å². The van der Waals surface area contributed by atoms with Crippen molar-refractivity contribution in [3.05, 3.63) is 23.5 Å². The Morgan fingerprint density at radius 3 is 3.10 bits per heavy atom. The third-order valence-corrected chi connectivity index (χ3v) is 2.04. The molecule has 0 atom stereocenters. The highest BCUT2D eigenvalue weighted by Crippen LogP contribution is 2.16. The van der Waals surface area contributed by atoms with E-state index in [1.165, 1.54) is 30.5 Å². The summed E-state index contributed by atoms with van der Waals surface area (Å²) in [6.07, 6.45) is 6.92. The second-order valence-electron chi connectivity index (χ2n) is 2.75. The van der Waals surface area contributed by atoms with Crippen LogP contribution in [0, 0.1) is 0 Å². The second kappa shape index (κ2) is 2.37. The average Bonchev–Trinajstić information content (AvgIpc) is 2.05. The lowest BCUT2D eigenvalue weighted by Crippen LogP contribution is -2.15. The van der Waals surface area contributed by atoms with Gasteiger partial charge in [0.1, 0.15) is 5.69 Å². The third kappa shape index (κ3) is 0.897. The quantitative estimate of drug-likeness (QED) is 0.516. The number of nitrogens with one attached hydrogen (secondary N) is 1. The number of hydrogen-bond acceptors (Lipinski definition) is 1. The molecule has 52 valence electrons. The number of rotatable bonds is 0. The van der Waals surface area contributed by atoms with Crippen LogP contribution >= 0.6 is 0 Å². The molecule has 0 aliphatic heterocycles. The standard InChI is InChI=1S/C8H10N2/c1-2-4-8-7(3-1)5-6-9-10-8/h5-6H,1-4H2/p+1. The van der Waals surface area contributed by atoms with Crippen LogP contribution in [0.15, 0.2) is 12.3 Å². The van der Waals surface area contributed by atoms with Crippen molar-refractivity contribution in [2.75, 3.05) is 0 Å². The summed E-state index contributed by atoms with van der Waals surface area (Å²) in [5.41, 5.74) is 2.71. The van der Waals surface area contributed by atoms with E-state index in [9.17, 15) is 0 Å². The zero-order valence-corrected chi connectivity index (χ0v) is 5.93. The number of hydrogen-bond donors (Lipinski definition) is 0. The molecule has 0 spiro atoms. The fourth-order valence-electron chi connectivity index (χ4n) is 1.47. The third-order valence-electron chi connectivity index (χ3n) is 2.04. The highest BCUT2D eigenvalue weighted by Gasteiger charge is 2.11. The van der Waals surface area contributed by atoms with Crippen molar-refractivity contribution in [3.63, 3.8) is 0 Å². The zero-order chi connectivity index (χ0) is 6.81. The van der Waals surface area contributed by atoms with E-state index in [0.717, 1.165) is 6.42 Å². The Labute approximate surface area is 60.3 Å². The largest absolute Gasteiger partial charge is 0.193 e. The predicted octanol–water partition coefficient (Wildman–Crippen LogP) is 0.774. The van der Waals surface area contributed by atoms with Gasteiger partial charge in [-0.2, -0.15) is 0 Å². The summed E-state index contributed by atoms with van der Waals surface area (Å²) >= 11 is 0. The molecule has 0 aromatic carbocycles. The molecule has 0 unspecified atom stereocenters. The van der Waals surface area contributed by atoms with Gasteiger partial charge in [-0.25, -0.2) is 0 Å². The molecule has 0 bridgehead atoms. The van der Waals surface area contributed by atoms with E-state index < -0.39 is 0 Å². The molecule has 0 radical (unpaired) electrons. The van der Waals surface area contributed by atoms with Gasteiger partial charge < -0.3 is 0 Å². The maximum Gasteiger partial charge on any atom is 0.193 e. The molecule has 1 aliphatic carbocycles. The maximum absolute atomic E-state index is 4.19. The average molecular weight is 135 g/mol. The number of aromatic nitrogens is 2. The van der Waals surface area contributed by atoms with E-state index in [4.69, 9.17) is 0 Å². The molecule has 0 fully saturated rings. The molecule has 2 heteroatoms. The fraction of sp³-hybridized carbons (Fsp3) is 0.500. The Kier molecular flexibility index (Phi) is 1.38. The van der Waals surface area contributed by atoms with Gasteiger partial charge in [0.15, 0.2) is 6.20 Å². The summed E-state index contributed by atoms with van der Waals surface area (Å²) in [5, 5.41) is 7.06. The summed E-state index contributed by atoms with van der Waals surface area (Å²) in [4.78, 5) is 0. The van der Waals surface area contributed by atoms with Gasteiger partial charge in [0, 0.05) is 6.07 Å². The van der Waals surface area contributed by atoms with Crippen molar-refractivity contribution in [1.29, 1.82) is 0 Å². The van der Waals surface area contributed by atoms with Gasteiger partial charge in [-0.1, -0.05) is 0 Å². The molecule has 1 aliphatic rings. The van der Waals surface area contributed by atoms with Gasteiger partial charge >= 0.3 is 0 Å². The molecule has 1 N–H and O–H groups in total. The van der Waals surface area contributed by atoms with E-state index in [-0.39, 0.29) is 0 Å². The topological polar surface area (TPSA) is 27.0 Å². The van der Waals surface area contributed by atoms with Crippen molar-refractivity contribution in [3.8, 4) is 0 Å². The van der Waals surface area contributed by atoms with E-state index in [2.05, 4.69) is 16.3 Å². The molecule has 1 aromatic rings. The van der Waals surface area contributed by atoms with E-state index in [0.29, 0.717) is 0 Å². The molecule has 0 amide bonds. The number of nitrogens with zero attached hydrogens (tertiary/aromatic N) is 1.